The third-order valence-electron chi connectivity index (χ3n) is 1.80. The topological polar surface area (TPSA) is 65.2 Å². The van der Waals surface area contributed by atoms with Gasteiger partial charge < -0.3 is 10.5 Å². The maximum atomic E-state index is 11.4. The highest BCUT2D eigenvalue weighted by molar-refractivity contribution is 7.13. The van der Waals surface area contributed by atoms with Crippen molar-refractivity contribution in [1.29, 1.82) is 0 Å². The van der Waals surface area contributed by atoms with Crippen molar-refractivity contribution < 1.29 is 9.53 Å². The highest BCUT2D eigenvalue weighted by atomic mass is 32.1. The summed E-state index contributed by atoms with van der Waals surface area (Å²) in [4.78, 5) is 15.5. The van der Waals surface area contributed by atoms with Gasteiger partial charge in [0.1, 0.15) is 5.60 Å². The summed E-state index contributed by atoms with van der Waals surface area (Å²) < 4.78 is 5.20. The van der Waals surface area contributed by atoms with Gasteiger partial charge in [0, 0.05) is 11.8 Å². The average molecular weight is 242 g/mol. The number of carbonyl (C=O) groups is 1. The summed E-state index contributed by atoms with van der Waals surface area (Å²) in [6, 6.07) is 0. The lowest BCUT2D eigenvalue weighted by molar-refractivity contribution is -0.154. The summed E-state index contributed by atoms with van der Waals surface area (Å²) in [5, 5.41) is 2.50. The highest BCUT2D eigenvalue weighted by Crippen LogP contribution is 2.14. The van der Waals surface area contributed by atoms with Gasteiger partial charge in [-0.1, -0.05) is 0 Å². The smallest absolute Gasteiger partial charge is 0.306 e. The molecule has 1 aromatic heterocycles. The molecule has 0 bridgehead atoms. The van der Waals surface area contributed by atoms with Crippen LogP contribution in [0.2, 0.25) is 0 Å². The van der Waals surface area contributed by atoms with Crippen LogP contribution in [0.25, 0.3) is 0 Å². The molecular weight excluding hydrogens is 224 g/mol. The molecule has 4 nitrogen and oxygen atoms in total. The first-order chi connectivity index (χ1) is 7.37. The normalized spacial score (nSPS) is 11.4. The van der Waals surface area contributed by atoms with Crippen molar-refractivity contribution in [2.75, 3.05) is 5.73 Å². The van der Waals surface area contributed by atoms with E-state index in [0.29, 0.717) is 11.6 Å². The fraction of sp³-hybridized carbons (Fsp3) is 0.636. The van der Waals surface area contributed by atoms with Gasteiger partial charge in [0.15, 0.2) is 5.13 Å². The first kappa shape index (κ1) is 13.0. The molecule has 1 rings (SSSR count). The molecule has 0 saturated carbocycles. The highest BCUT2D eigenvalue weighted by Gasteiger charge is 2.15. The minimum absolute atomic E-state index is 0.157. The van der Waals surface area contributed by atoms with Crippen LogP contribution in [0, 0.1) is 0 Å². The SMILES string of the molecule is CC(C)(C)OC(=O)CCCc1csc(N)n1. The lowest BCUT2D eigenvalue weighted by Gasteiger charge is -2.19. The Morgan fingerprint density at radius 1 is 1.56 bits per heavy atom. The van der Waals surface area contributed by atoms with Crippen molar-refractivity contribution in [2.45, 2.75) is 45.6 Å². The van der Waals surface area contributed by atoms with Gasteiger partial charge in [-0.05, 0) is 33.6 Å². The molecule has 0 amide bonds. The molecule has 5 heteroatoms. The number of hydrogen-bond donors (Lipinski definition) is 1. The Bertz CT molecular complexity index is 355. The van der Waals surface area contributed by atoms with Gasteiger partial charge in [-0.3, -0.25) is 4.79 Å². The van der Waals surface area contributed by atoms with Crippen molar-refractivity contribution >= 4 is 22.4 Å². The summed E-state index contributed by atoms with van der Waals surface area (Å²) >= 11 is 1.42. The second-order valence-corrected chi connectivity index (χ2v) is 5.51. The standard InChI is InChI=1S/C11H18N2O2S/c1-11(2,3)15-9(14)6-4-5-8-7-16-10(12)13-8/h7H,4-6H2,1-3H3,(H2,12,13). The van der Waals surface area contributed by atoms with Gasteiger partial charge >= 0.3 is 5.97 Å². The van der Waals surface area contributed by atoms with Crippen molar-refractivity contribution in [1.82, 2.24) is 4.98 Å². The molecule has 90 valence electrons. The van der Waals surface area contributed by atoms with Gasteiger partial charge in [0.25, 0.3) is 0 Å². The molecular formula is C11H18N2O2S. The van der Waals surface area contributed by atoms with Crippen molar-refractivity contribution in [3.63, 3.8) is 0 Å². The average Bonchev–Trinajstić information content (AvgIpc) is 2.48. The van der Waals surface area contributed by atoms with E-state index in [1.54, 1.807) is 0 Å². The summed E-state index contributed by atoms with van der Waals surface area (Å²) in [5.74, 6) is -0.157. The number of thiazole rings is 1. The first-order valence-electron chi connectivity index (χ1n) is 5.28. The number of esters is 1. The van der Waals surface area contributed by atoms with E-state index in [0.717, 1.165) is 18.5 Å². The Morgan fingerprint density at radius 3 is 2.75 bits per heavy atom. The third kappa shape index (κ3) is 5.11. The van der Waals surface area contributed by atoms with Gasteiger partial charge in [0.2, 0.25) is 0 Å². The van der Waals surface area contributed by atoms with E-state index in [1.165, 1.54) is 11.3 Å². The van der Waals surface area contributed by atoms with Crippen molar-refractivity contribution in [3.8, 4) is 0 Å². The van der Waals surface area contributed by atoms with Gasteiger partial charge in [-0.15, -0.1) is 11.3 Å². The zero-order valence-electron chi connectivity index (χ0n) is 9.95. The molecule has 1 aromatic rings. The zero-order valence-corrected chi connectivity index (χ0v) is 10.8. The number of ether oxygens (including phenoxy) is 1. The Labute approximate surface area is 99.8 Å². The molecule has 0 saturated heterocycles. The van der Waals surface area contributed by atoms with E-state index in [9.17, 15) is 4.79 Å². The number of nitrogen functional groups attached to an aromatic ring is 1. The van der Waals surface area contributed by atoms with Crippen LogP contribution in [0.3, 0.4) is 0 Å². The fourth-order valence-electron chi connectivity index (χ4n) is 1.24. The predicted octanol–water partition coefficient (Wildman–Crippen LogP) is 2.39. The third-order valence-corrected chi connectivity index (χ3v) is 2.53. The Balaban J connectivity index is 2.23. The lowest BCUT2D eigenvalue weighted by atomic mass is 10.2. The van der Waals surface area contributed by atoms with E-state index in [1.807, 2.05) is 26.2 Å². The monoisotopic (exact) mass is 242 g/mol. The molecule has 0 radical (unpaired) electrons. The molecule has 0 atom stereocenters. The fourth-order valence-corrected chi connectivity index (χ4v) is 1.84. The minimum Gasteiger partial charge on any atom is -0.460 e. The number of nitrogens with zero attached hydrogens (tertiary/aromatic N) is 1. The Hall–Kier alpha value is -1.10. The van der Waals surface area contributed by atoms with Crippen LogP contribution in [-0.2, 0) is 16.0 Å². The summed E-state index contributed by atoms with van der Waals surface area (Å²) in [7, 11) is 0. The number of nitrogens with two attached hydrogens (primary N) is 1. The molecule has 16 heavy (non-hydrogen) atoms. The van der Waals surface area contributed by atoms with Crippen molar-refractivity contribution in [3.05, 3.63) is 11.1 Å². The van der Waals surface area contributed by atoms with Gasteiger partial charge in [-0.25, -0.2) is 4.98 Å². The summed E-state index contributed by atoms with van der Waals surface area (Å²) in [6.07, 6.45) is 1.94. The Kier molecular flexibility index (Phi) is 4.29. The maximum Gasteiger partial charge on any atom is 0.306 e. The van der Waals surface area contributed by atoms with Crippen LogP contribution < -0.4 is 5.73 Å². The van der Waals surface area contributed by atoms with E-state index in [-0.39, 0.29) is 5.97 Å². The largest absolute Gasteiger partial charge is 0.460 e. The van der Waals surface area contributed by atoms with Crippen molar-refractivity contribution in [2.24, 2.45) is 0 Å². The first-order valence-corrected chi connectivity index (χ1v) is 6.16. The van der Waals surface area contributed by atoms with Crippen LogP contribution in [-0.4, -0.2) is 16.6 Å². The molecule has 0 aromatic carbocycles. The van der Waals surface area contributed by atoms with Gasteiger partial charge in [0.05, 0.1) is 5.69 Å². The van der Waals surface area contributed by atoms with E-state index < -0.39 is 5.60 Å². The van der Waals surface area contributed by atoms with Crippen LogP contribution in [0.15, 0.2) is 5.38 Å². The summed E-state index contributed by atoms with van der Waals surface area (Å²) in [6.45, 7) is 5.60. The zero-order chi connectivity index (χ0) is 12.2. The molecule has 0 spiro atoms. The number of rotatable bonds is 4. The van der Waals surface area contributed by atoms with E-state index in [4.69, 9.17) is 10.5 Å². The summed E-state index contributed by atoms with van der Waals surface area (Å²) in [5.41, 5.74) is 6.06. The van der Waals surface area contributed by atoms with Crippen LogP contribution in [0.5, 0.6) is 0 Å². The second-order valence-electron chi connectivity index (χ2n) is 4.62. The maximum absolute atomic E-state index is 11.4. The number of aromatic nitrogens is 1. The number of hydrogen-bond acceptors (Lipinski definition) is 5. The molecule has 0 aliphatic rings. The lowest BCUT2D eigenvalue weighted by Crippen LogP contribution is -2.23. The minimum atomic E-state index is -0.401. The Morgan fingerprint density at radius 2 is 2.25 bits per heavy atom. The molecule has 0 fully saturated rings. The molecule has 2 N–H and O–H groups in total. The second kappa shape index (κ2) is 5.30. The molecule has 0 unspecified atom stereocenters. The quantitative estimate of drug-likeness (QED) is 0.823. The van der Waals surface area contributed by atoms with Gasteiger partial charge in [-0.2, -0.15) is 0 Å². The molecule has 0 aliphatic heterocycles. The van der Waals surface area contributed by atoms with Crippen LogP contribution >= 0.6 is 11.3 Å². The van der Waals surface area contributed by atoms with Crippen LogP contribution in [0.4, 0.5) is 5.13 Å². The van der Waals surface area contributed by atoms with Crippen LogP contribution in [0.1, 0.15) is 39.3 Å². The van der Waals surface area contributed by atoms with E-state index >= 15 is 0 Å². The molecule has 0 aliphatic carbocycles. The molecule has 1 heterocycles. The number of carbonyl (C=O) groups excluding carboxylic acids is 1. The van der Waals surface area contributed by atoms with E-state index in [2.05, 4.69) is 4.98 Å². The number of anilines is 1. The number of aryl methyl sites for hydroxylation is 1. The predicted molar refractivity (Wildman–Crippen MR) is 65.3 cm³/mol.